The summed E-state index contributed by atoms with van der Waals surface area (Å²) in [7, 11) is 0. The second-order valence-electron chi connectivity index (χ2n) is 6.01. The number of hydrogen-bond donors (Lipinski definition) is 1. The van der Waals surface area contributed by atoms with Crippen LogP contribution in [0.15, 0.2) is 61.2 Å². The fourth-order valence-electron chi connectivity index (χ4n) is 3.21. The summed E-state index contributed by atoms with van der Waals surface area (Å²) in [6, 6.07) is 12.2. The number of nitrogens with zero attached hydrogens (tertiary/aromatic N) is 6. The van der Waals surface area contributed by atoms with E-state index < -0.39 is 0 Å². The van der Waals surface area contributed by atoms with E-state index in [9.17, 15) is 0 Å². The van der Waals surface area contributed by atoms with E-state index in [1.165, 1.54) is 5.69 Å². The van der Waals surface area contributed by atoms with Crippen LogP contribution < -0.4 is 5.32 Å². The SMILES string of the molecule is c1cc(-n2cccn2)cc(-n2ccnc2-c2cc3n(n2)CCNC3)c1. The summed E-state index contributed by atoms with van der Waals surface area (Å²) in [5.41, 5.74) is 4.13. The average molecular weight is 331 g/mol. The van der Waals surface area contributed by atoms with E-state index in [1.807, 2.05) is 41.5 Å². The summed E-state index contributed by atoms with van der Waals surface area (Å²) in [5, 5.41) is 12.4. The molecular formula is C18H17N7. The highest BCUT2D eigenvalue weighted by molar-refractivity contribution is 5.56. The molecule has 0 unspecified atom stereocenters. The quantitative estimate of drug-likeness (QED) is 0.624. The number of aromatic nitrogens is 6. The third kappa shape index (κ3) is 2.45. The first-order valence-corrected chi connectivity index (χ1v) is 8.30. The first-order valence-electron chi connectivity index (χ1n) is 8.30. The van der Waals surface area contributed by atoms with Gasteiger partial charge in [-0.3, -0.25) is 9.25 Å². The van der Waals surface area contributed by atoms with Gasteiger partial charge >= 0.3 is 0 Å². The zero-order valence-corrected chi connectivity index (χ0v) is 13.6. The van der Waals surface area contributed by atoms with Crippen LogP contribution in [0.25, 0.3) is 22.9 Å². The summed E-state index contributed by atoms with van der Waals surface area (Å²) in [5.74, 6) is 0.847. The lowest BCUT2D eigenvalue weighted by molar-refractivity contribution is 0.476. The minimum atomic E-state index is 0.847. The fourth-order valence-corrected chi connectivity index (χ4v) is 3.21. The lowest BCUT2D eigenvalue weighted by Crippen LogP contribution is -2.28. The molecule has 0 saturated heterocycles. The molecule has 3 aromatic heterocycles. The van der Waals surface area contributed by atoms with Crippen molar-refractivity contribution in [1.82, 2.24) is 34.4 Å². The third-order valence-corrected chi connectivity index (χ3v) is 4.42. The Labute approximate surface area is 144 Å². The smallest absolute Gasteiger partial charge is 0.165 e. The van der Waals surface area contributed by atoms with Gasteiger partial charge in [-0.25, -0.2) is 9.67 Å². The molecule has 7 nitrogen and oxygen atoms in total. The lowest BCUT2D eigenvalue weighted by atomic mass is 10.2. The fraction of sp³-hybridized carbons (Fsp3) is 0.167. The van der Waals surface area contributed by atoms with Crippen LogP contribution in [0.3, 0.4) is 0 Å². The Morgan fingerprint density at radius 3 is 2.84 bits per heavy atom. The van der Waals surface area contributed by atoms with Gasteiger partial charge in [0.05, 0.1) is 17.9 Å². The predicted molar refractivity (Wildman–Crippen MR) is 93.6 cm³/mol. The van der Waals surface area contributed by atoms with E-state index in [0.29, 0.717) is 0 Å². The molecule has 0 spiro atoms. The molecule has 7 heteroatoms. The van der Waals surface area contributed by atoms with Crippen molar-refractivity contribution < 1.29 is 0 Å². The minimum absolute atomic E-state index is 0.847. The Bertz CT molecular complexity index is 986. The highest BCUT2D eigenvalue weighted by atomic mass is 15.3. The lowest BCUT2D eigenvalue weighted by Gasteiger charge is -2.13. The number of benzene rings is 1. The standard InChI is InChI=1S/C18H17N7/c1-3-14(11-15(4-1)24-8-2-5-21-24)23-9-7-20-18(23)17-12-16-13-19-6-10-25(16)22-17/h1-5,7-9,11-12,19H,6,10,13H2. The number of hydrogen-bond acceptors (Lipinski definition) is 4. The summed E-state index contributed by atoms with van der Waals surface area (Å²) >= 11 is 0. The Morgan fingerprint density at radius 2 is 1.96 bits per heavy atom. The van der Waals surface area contributed by atoms with Crippen LogP contribution >= 0.6 is 0 Å². The Hall–Kier alpha value is -3.19. The van der Waals surface area contributed by atoms with Crippen molar-refractivity contribution in [3.8, 4) is 22.9 Å². The van der Waals surface area contributed by atoms with Crippen molar-refractivity contribution in [1.29, 1.82) is 0 Å². The summed E-state index contributed by atoms with van der Waals surface area (Å²) in [4.78, 5) is 4.54. The van der Waals surface area contributed by atoms with E-state index >= 15 is 0 Å². The molecule has 0 aliphatic carbocycles. The molecule has 25 heavy (non-hydrogen) atoms. The maximum absolute atomic E-state index is 4.73. The summed E-state index contributed by atoms with van der Waals surface area (Å²) in [6.07, 6.45) is 7.49. The van der Waals surface area contributed by atoms with Crippen LogP contribution in [0.1, 0.15) is 5.69 Å². The van der Waals surface area contributed by atoms with Crippen LogP contribution in [-0.4, -0.2) is 35.7 Å². The van der Waals surface area contributed by atoms with E-state index in [0.717, 1.165) is 42.5 Å². The van der Waals surface area contributed by atoms with Crippen molar-refractivity contribution in [2.75, 3.05) is 6.54 Å². The highest BCUT2D eigenvalue weighted by Crippen LogP contribution is 2.23. The molecule has 0 fully saturated rings. The number of imidazole rings is 1. The van der Waals surface area contributed by atoms with Gasteiger partial charge in [-0.15, -0.1) is 0 Å². The highest BCUT2D eigenvalue weighted by Gasteiger charge is 2.16. The molecule has 1 aliphatic heterocycles. The molecule has 124 valence electrons. The Balaban J connectivity index is 1.57. The molecule has 0 bridgehead atoms. The monoisotopic (exact) mass is 331 g/mol. The van der Waals surface area contributed by atoms with Crippen LogP contribution in [0.2, 0.25) is 0 Å². The normalized spacial score (nSPS) is 13.8. The maximum atomic E-state index is 4.73. The van der Waals surface area contributed by atoms with Crippen LogP contribution in [0.4, 0.5) is 0 Å². The number of fused-ring (bicyclic) bond motifs is 1. The topological polar surface area (TPSA) is 65.5 Å². The van der Waals surface area contributed by atoms with Crippen LogP contribution in [-0.2, 0) is 13.1 Å². The molecule has 1 aliphatic rings. The number of nitrogens with one attached hydrogen (secondary N) is 1. The van der Waals surface area contributed by atoms with Crippen molar-refractivity contribution in [3.05, 3.63) is 66.9 Å². The van der Waals surface area contributed by atoms with Crippen molar-refractivity contribution in [3.63, 3.8) is 0 Å². The van der Waals surface area contributed by atoms with Gasteiger partial charge in [0.15, 0.2) is 5.82 Å². The zero-order chi connectivity index (χ0) is 16.6. The molecule has 5 rings (SSSR count). The molecule has 0 radical (unpaired) electrons. The van der Waals surface area contributed by atoms with Gasteiger partial charge in [-0.1, -0.05) is 6.07 Å². The maximum Gasteiger partial charge on any atom is 0.165 e. The number of rotatable bonds is 3. The van der Waals surface area contributed by atoms with Gasteiger partial charge in [-0.2, -0.15) is 10.2 Å². The van der Waals surface area contributed by atoms with Gasteiger partial charge in [0.2, 0.25) is 0 Å². The van der Waals surface area contributed by atoms with Crippen LogP contribution in [0.5, 0.6) is 0 Å². The summed E-state index contributed by atoms with van der Waals surface area (Å²) in [6.45, 7) is 2.70. The van der Waals surface area contributed by atoms with Gasteiger partial charge in [-0.05, 0) is 30.3 Å². The van der Waals surface area contributed by atoms with Gasteiger partial charge in [0, 0.05) is 43.6 Å². The molecule has 0 saturated carbocycles. The van der Waals surface area contributed by atoms with Crippen molar-refractivity contribution in [2.45, 2.75) is 13.1 Å². The molecule has 4 heterocycles. The van der Waals surface area contributed by atoms with E-state index in [2.05, 4.69) is 42.8 Å². The first-order chi connectivity index (χ1) is 12.4. The van der Waals surface area contributed by atoms with E-state index in [4.69, 9.17) is 5.10 Å². The van der Waals surface area contributed by atoms with E-state index in [-0.39, 0.29) is 0 Å². The van der Waals surface area contributed by atoms with Gasteiger partial charge in [0.25, 0.3) is 0 Å². The zero-order valence-electron chi connectivity index (χ0n) is 13.6. The molecule has 1 N–H and O–H groups in total. The van der Waals surface area contributed by atoms with Crippen molar-refractivity contribution >= 4 is 0 Å². The predicted octanol–water partition coefficient (Wildman–Crippen LogP) is 2.02. The third-order valence-electron chi connectivity index (χ3n) is 4.42. The molecule has 1 aromatic carbocycles. The Kier molecular flexibility index (Phi) is 3.24. The largest absolute Gasteiger partial charge is 0.309 e. The Morgan fingerprint density at radius 1 is 1.00 bits per heavy atom. The van der Waals surface area contributed by atoms with E-state index in [1.54, 1.807) is 6.20 Å². The molecule has 0 atom stereocenters. The second-order valence-corrected chi connectivity index (χ2v) is 6.01. The van der Waals surface area contributed by atoms with Crippen molar-refractivity contribution in [2.24, 2.45) is 0 Å². The van der Waals surface area contributed by atoms with Gasteiger partial charge < -0.3 is 5.32 Å². The minimum Gasteiger partial charge on any atom is -0.309 e. The molecule has 4 aromatic rings. The van der Waals surface area contributed by atoms with Gasteiger partial charge in [0.1, 0.15) is 5.69 Å². The average Bonchev–Trinajstić information content (AvgIpc) is 3.41. The summed E-state index contributed by atoms with van der Waals surface area (Å²) < 4.78 is 5.97. The molecule has 0 amide bonds. The second kappa shape index (κ2) is 5.71. The van der Waals surface area contributed by atoms with Crippen LogP contribution in [0, 0.1) is 0 Å². The first kappa shape index (κ1) is 14.2. The molecular weight excluding hydrogens is 314 g/mol.